The summed E-state index contributed by atoms with van der Waals surface area (Å²) in [6.07, 6.45) is 1.37. The van der Waals surface area contributed by atoms with Gasteiger partial charge in [0.25, 0.3) is 5.91 Å². The number of aromatic nitrogens is 1. The fraction of sp³-hybridized carbons (Fsp3) is 0.211. The van der Waals surface area contributed by atoms with Crippen LogP contribution in [0, 0.1) is 0 Å². The summed E-state index contributed by atoms with van der Waals surface area (Å²) in [5, 5.41) is 7.78. The maximum absolute atomic E-state index is 13.1. The number of aryl methyl sites for hydroxylation is 1. The molecule has 1 aliphatic heterocycles. The molecule has 1 fully saturated rings. The predicted molar refractivity (Wildman–Crippen MR) is 89.5 cm³/mol. The van der Waals surface area contributed by atoms with E-state index < -0.39 is 5.54 Å². The molecule has 3 aromatic rings. The van der Waals surface area contributed by atoms with Gasteiger partial charge in [0.05, 0.1) is 6.54 Å². The second kappa shape index (κ2) is 4.92. The lowest BCUT2D eigenvalue weighted by atomic mass is 9.92. The number of fused-ring (bicyclic) bond motifs is 3. The Bertz CT molecular complexity index is 1030. The van der Waals surface area contributed by atoms with E-state index in [-0.39, 0.29) is 18.5 Å². The minimum Gasteiger partial charge on any atom is -0.356 e. The smallest absolute Gasteiger partial charge is 0.325 e. The number of nitrogens with one attached hydrogen (secondary N) is 1. The molecule has 1 saturated heterocycles. The number of imide groups is 1. The van der Waals surface area contributed by atoms with Gasteiger partial charge in [0.15, 0.2) is 5.58 Å². The van der Waals surface area contributed by atoms with Crippen molar-refractivity contribution in [3.63, 3.8) is 0 Å². The quantitative estimate of drug-likeness (QED) is 0.732. The lowest BCUT2D eigenvalue weighted by Gasteiger charge is -2.22. The standard InChI is InChI=1S/C19H15N3O3/c23-17-19(10-9-12-5-1-3-7-14(12)19)20-18(24)22(17)11-15-13-6-2-4-8-16(13)25-21-15/h1-8H,9-11H2,(H,20,24). The van der Waals surface area contributed by atoms with Crippen LogP contribution in [0.4, 0.5) is 4.79 Å². The van der Waals surface area contributed by atoms with Crippen LogP contribution in [0.5, 0.6) is 0 Å². The van der Waals surface area contributed by atoms with E-state index in [0.717, 1.165) is 22.9 Å². The number of hydrogen-bond acceptors (Lipinski definition) is 4. The summed E-state index contributed by atoms with van der Waals surface area (Å²) in [6.45, 7) is 0.103. The normalized spacial score (nSPS) is 22.0. The van der Waals surface area contributed by atoms with Crippen molar-refractivity contribution < 1.29 is 14.1 Å². The van der Waals surface area contributed by atoms with Crippen molar-refractivity contribution in [2.24, 2.45) is 0 Å². The maximum Gasteiger partial charge on any atom is 0.325 e. The monoisotopic (exact) mass is 333 g/mol. The van der Waals surface area contributed by atoms with E-state index in [0.29, 0.717) is 17.7 Å². The molecular weight excluding hydrogens is 318 g/mol. The van der Waals surface area contributed by atoms with Gasteiger partial charge in [-0.3, -0.25) is 9.69 Å². The molecular formula is C19H15N3O3. The first-order chi connectivity index (χ1) is 12.2. The number of hydrogen-bond donors (Lipinski definition) is 1. The zero-order chi connectivity index (χ0) is 17.0. The van der Waals surface area contributed by atoms with Gasteiger partial charge in [-0.1, -0.05) is 41.6 Å². The Hall–Kier alpha value is -3.15. The van der Waals surface area contributed by atoms with Gasteiger partial charge >= 0.3 is 6.03 Å². The topological polar surface area (TPSA) is 75.4 Å². The summed E-state index contributed by atoms with van der Waals surface area (Å²) in [7, 11) is 0. The highest BCUT2D eigenvalue weighted by Crippen LogP contribution is 2.41. The lowest BCUT2D eigenvalue weighted by molar-refractivity contribution is -0.132. The highest BCUT2D eigenvalue weighted by molar-refractivity contribution is 6.08. The lowest BCUT2D eigenvalue weighted by Crippen LogP contribution is -2.41. The summed E-state index contributed by atoms with van der Waals surface area (Å²) in [6, 6.07) is 14.8. The number of nitrogens with zero attached hydrogens (tertiary/aromatic N) is 2. The predicted octanol–water partition coefficient (Wildman–Crippen LogP) is 2.72. The molecule has 1 N–H and O–H groups in total. The Morgan fingerprint density at radius 2 is 1.92 bits per heavy atom. The first kappa shape index (κ1) is 14.2. The summed E-state index contributed by atoms with van der Waals surface area (Å²) < 4.78 is 5.28. The molecule has 6 heteroatoms. The first-order valence-corrected chi connectivity index (χ1v) is 8.25. The van der Waals surface area contributed by atoms with Crippen molar-refractivity contribution in [3.05, 3.63) is 65.4 Å². The van der Waals surface area contributed by atoms with Crippen molar-refractivity contribution in [1.82, 2.24) is 15.4 Å². The van der Waals surface area contributed by atoms with E-state index >= 15 is 0 Å². The van der Waals surface area contributed by atoms with Crippen molar-refractivity contribution in [2.75, 3.05) is 0 Å². The van der Waals surface area contributed by atoms with Crippen LogP contribution in [0.1, 0.15) is 23.2 Å². The fourth-order valence-corrected chi connectivity index (χ4v) is 3.94. The molecule has 1 atom stereocenters. The molecule has 124 valence electrons. The van der Waals surface area contributed by atoms with Crippen LogP contribution in [0.15, 0.2) is 53.1 Å². The number of urea groups is 1. The third-order valence-electron chi connectivity index (χ3n) is 5.18. The van der Waals surface area contributed by atoms with E-state index in [1.54, 1.807) is 0 Å². The van der Waals surface area contributed by atoms with E-state index in [9.17, 15) is 9.59 Å². The Morgan fingerprint density at radius 1 is 1.12 bits per heavy atom. The van der Waals surface area contributed by atoms with Gasteiger partial charge in [0.1, 0.15) is 11.2 Å². The van der Waals surface area contributed by atoms with Crippen LogP contribution in [0.25, 0.3) is 11.0 Å². The molecule has 0 saturated carbocycles. The van der Waals surface area contributed by atoms with Crippen molar-refractivity contribution in [1.29, 1.82) is 0 Å². The average molecular weight is 333 g/mol. The second-order valence-electron chi connectivity index (χ2n) is 6.51. The molecule has 2 heterocycles. The van der Waals surface area contributed by atoms with Crippen molar-refractivity contribution in [3.8, 4) is 0 Å². The first-order valence-electron chi connectivity index (χ1n) is 8.25. The van der Waals surface area contributed by atoms with Gasteiger partial charge < -0.3 is 9.84 Å². The van der Waals surface area contributed by atoms with Crippen LogP contribution in [-0.4, -0.2) is 22.0 Å². The zero-order valence-corrected chi connectivity index (χ0v) is 13.4. The van der Waals surface area contributed by atoms with Gasteiger partial charge in [-0.05, 0) is 36.1 Å². The van der Waals surface area contributed by atoms with Crippen LogP contribution in [-0.2, 0) is 23.3 Å². The number of rotatable bonds is 2. The van der Waals surface area contributed by atoms with Crippen LogP contribution < -0.4 is 5.32 Å². The largest absolute Gasteiger partial charge is 0.356 e. The molecule has 6 nitrogen and oxygen atoms in total. The molecule has 1 aliphatic carbocycles. The van der Waals surface area contributed by atoms with Gasteiger partial charge in [-0.2, -0.15) is 0 Å². The highest BCUT2D eigenvalue weighted by atomic mass is 16.5. The highest BCUT2D eigenvalue weighted by Gasteiger charge is 2.55. The molecule has 1 unspecified atom stereocenters. The summed E-state index contributed by atoms with van der Waals surface area (Å²) in [5.41, 5.74) is 2.31. The minimum atomic E-state index is -0.937. The summed E-state index contributed by atoms with van der Waals surface area (Å²) in [4.78, 5) is 26.9. The number of benzene rings is 2. The number of carbonyl (C=O) groups is 2. The Balaban J connectivity index is 1.52. The minimum absolute atomic E-state index is 0.103. The molecule has 25 heavy (non-hydrogen) atoms. The molecule has 2 aromatic carbocycles. The molecule has 0 radical (unpaired) electrons. The summed E-state index contributed by atoms with van der Waals surface area (Å²) >= 11 is 0. The average Bonchev–Trinajstić information content (AvgIpc) is 3.28. The van der Waals surface area contributed by atoms with Gasteiger partial charge in [-0.15, -0.1) is 0 Å². The molecule has 3 amide bonds. The SMILES string of the molecule is O=C1NC2(CCc3ccccc32)C(=O)N1Cc1noc2ccccc12. The van der Waals surface area contributed by atoms with Gasteiger partial charge in [0, 0.05) is 5.39 Å². The van der Waals surface area contributed by atoms with E-state index in [4.69, 9.17) is 4.52 Å². The van der Waals surface area contributed by atoms with E-state index in [1.807, 2.05) is 48.5 Å². The third kappa shape index (κ3) is 1.88. The molecule has 1 aromatic heterocycles. The second-order valence-corrected chi connectivity index (χ2v) is 6.51. The van der Waals surface area contributed by atoms with Crippen molar-refractivity contribution >= 4 is 22.9 Å². The van der Waals surface area contributed by atoms with E-state index in [2.05, 4.69) is 10.5 Å². The van der Waals surface area contributed by atoms with Crippen molar-refractivity contribution in [2.45, 2.75) is 24.9 Å². The Morgan fingerprint density at radius 3 is 2.84 bits per heavy atom. The van der Waals surface area contributed by atoms with Crippen LogP contribution >= 0.6 is 0 Å². The van der Waals surface area contributed by atoms with Crippen LogP contribution in [0.3, 0.4) is 0 Å². The third-order valence-corrected chi connectivity index (χ3v) is 5.18. The Kier molecular flexibility index (Phi) is 2.80. The number of para-hydroxylation sites is 1. The maximum atomic E-state index is 13.1. The summed E-state index contributed by atoms with van der Waals surface area (Å²) in [5.74, 6) is -0.213. The number of carbonyl (C=O) groups excluding carboxylic acids is 2. The Labute approximate surface area is 143 Å². The van der Waals surface area contributed by atoms with Crippen LogP contribution in [0.2, 0.25) is 0 Å². The van der Waals surface area contributed by atoms with Gasteiger partial charge in [-0.25, -0.2) is 4.79 Å². The molecule has 2 aliphatic rings. The van der Waals surface area contributed by atoms with E-state index in [1.165, 1.54) is 4.90 Å². The fourth-order valence-electron chi connectivity index (χ4n) is 3.94. The zero-order valence-electron chi connectivity index (χ0n) is 13.4. The molecule has 0 bridgehead atoms. The number of amides is 3. The molecule has 1 spiro atoms. The molecule has 5 rings (SSSR count). The van der Waals surface area contributed by atoms with Gasteiger partial charge in [0.2, 0.25) is 0 Å².